The monoisotopic (exact) mass is 387 g/mol. The zero-order valence-electron chi connectivity index (χ0n) is 15.8. The van der Waals surface area contributed by atoms with Crippen molar-refractivity contribution in [2.45, 2.75) is 32.4 Å². The van der Waals surface area contributed by atoms with Crippen LogP contribution in [0.4, 0.5) is 0 Å². The summed E-state index contributed by atoms with van der Waals surface area (Å²) in [4.78, 5) is 22.4. The van der Waals surface area contributed by atoms with Crippen LogP contribution in [-0.4, -0.2) is 47.1 Å². The molecule has 0 amide bonds. The number of rotatable bonds is 5. The number of ether oxygens (including phenoxy) is 2. The summed E-state index contributed by atoms with van der Waals surface area (Å²) in [6.45, 7) is 3.91. The predicted octanol–water partition coefficient (Wildman–Crippen LogP) is 3.80. The normalized spacial score (nSPS) is 16.4. The fourth-order valence-corrected chi connectivity index (χ4v) is 3.22. The molecule has 0 bridgehead atoms. The van der Waals surface area contributed by atoms with E-state index >= 15 is 0 Å². The molecule has 0 N–H and O–H groups in total. The molecule has 1 aliphatic heterocycles. The summed E-state index contributed by atoms with van der Waals surface area (Å²) >= 11 is 6.34. The maximum atomic E-state index is 11.9. The van der Waals surface area contributed by atoms with E-state index < -0.39 is 0 Å². The summed E-state index contributed by atoms with van der Waals surface area (Å²) in [7, 11) is 3.25. The molecule has 0 spiro atoms. The van der Waals surface area contributed by atoms with Gasteiger partial charge in [-0.3, -0.25) is 0 Å². The Hall–Kier alpha value is -2.60. The van der Waals surface area contributed by atoms with Gasteiger partial charge in [-0.25, -0.2) is 14.8 Å². The third kappa shape index (κ3) is 4.22. The number of hydrogen-bond donors (Lipinski definition) is 0. The predicted molar refractivity (Wildman–Crippen MR) is 104 cm³/mol. The lowest BCUT2D eigenvalue weighted by atomic mass is 10.0. The van der Waals surface area contributed by atoms with Gasteiger partial charge in [0.2, 0.25) is 0 Å². The second kappa shape index (κ2) is 7.96. The minimum absolute atomic E-state index is 0.0491. The highest BCUT2D eigenvalue weighted by atomic mass is 35.5. The van der Waals surface area contributed by atoms with Gasteiger partial charge in [-0.1, -0.05) is 11.6 Å². The van der Waals surface area contributed by atoms with Crippen molar-refractivity contribution in [2.75, 3.05) is 14.2 Å². The van der Waals surface area contributed by atoms with Crippen LogP contribution in [0, 0.1) is 0 Å². The maximum absolute atomic E-state index is 11.9. The van der Waals surface area contributed by atoms with Crippen LogP contribution >= 0.6 is 11.6 Å². The zero-order valence-corrected chi connectivity index (χ0v) is 16.5. The van der Waals surface area contributed by atoms with Gasteiger partial charge in [-0.05, 0) is 43.7 Å². The van der Waals surface area contributed by atoms with Crippen molar-refractivity contribution >= 4 is 23.1 Å². The van der Waals surface area contributed by atoms with Crippen LogP contribution in [0.5, 0.6) is 5.75 Å². The van der Waals surface area contributed by atoms with E-state index in [-0.39, 0.29) is 18.1 Å². The van der Waals surface area contributed by atoms with Crippen LogP contribution in [0.3, 0.4) is 0 Å². The molecule has 0 fully saturated rings. The average molecular weight is 388 g/mol. The Kier molecular flexibility index (Phi) is 5.65. The second-order valence-corrected chi connectivity index (χ2v) is 7.07. The molecule has 6 nitrogen and oxygen atoms in total. The molecule has 142 valence electrons. The summed E-state index contributed by atoms with van der Waals surface area (Å²) in [5.41, 5.74) is 3.36. The smallest absolute Gasteiger partial charge is 0.328 e. The number of methoxy groups -OCH3 is 1. The molecule has 2 aromatic rings. The highest BCUT2D eigenvalue weighted by Crippen LogP contribution is 2.33. The fraction of sp³-hybridized carbons (Fsp3) is 0.350. The SMILES string of the molecule is COC(=O)C1CC(c2cc(-c3ccc(OC(C)C)c(Cl)c3)ncn2)=CN1C. The number of hydrogen-bond acceptors (Lipinski definition) is 6. The van der Waals surface area contributed by atoms with Crippen molar-refractivity contribution in [1.29, 1.82) is 0 Å². The summed E-state index contributed by atoms with van der Waals surface area (Å²) in [5.74, 6) is 0.385. The zero-order chi connectivity index (χ0) is 19.6. The molecule has 1 aliphatic rings. The highest BCUT2D eigenvalue weighted by Gasteiger charge is 2.30. The lowest BCUT2D eigenvalue weighted by Crippen LogP contribution is -2.32. The summed E-state index contributed by atoms with van der Waals surface area (Å²) in [5, 5.41) is 0.534. The van der Waals surface area contributed by atoms with Gasteiger partial charge in [0, 0.05) is 25.2 Å². The van der Waals surface area contributed by atoms with Gasteiger partial charge in [-0.2, -0.15) is 0 Å². The Balaban J connectivity index is 1.86. The Bertz CT molecular complexity index is 883. The van der Waals surface area contributed by atoms with Crippen molar-refractivity contribution in [1.82, 2.24) is 14.9 Å². The Labute approximate surface area is 163 Å². The summed E-state index contributed by atoms with van der Waals surface area (Å²) < 4.78 is 10.5. The van der Waals surface area contributed by atoms with Gasteiger partial charge < -0.3 is 14.4 Å². The van der Waals surface area contributed by atoms with Crippen LogP contribution < -0.4 is 4.74 Å². The van der Waals surface area contributed by atoms with E-state index in [2.05, 4.69) is 9.97 Å². The molecule has 1 aromatic carbocycles. The van der Waals surface area contributed by atoms with Crippen molar-refractivity contribution in [3.63, 3.8) is 0 Å². The van der Waals surface area contributed by atoms with Gasteiger partial charge in [0.25, 0.3) is 0 Å². The summed E-state index contributed by atoms with van der Waals surface area (Å²) in [6, 6.07) is 7.16. The van der Waals surface area contributed by atoms with Gasteiger partial charge in [0.05, 0.1) is 29.6 Å². The number of halogens is 1. The van der Waals surface area contributed by atoms with E-state index in [0.717, 1.165) is 22.5 Å². The van der Waals surface area contributed by atoms with E-state index in [4.69, 9.17) is 21.1 Å². The first-order valence-corrected chi connectivity index (χ1v) is 9.06. The number of likely N-dealkylation sites (N-methyl/N-ethyl adjacent to an activating group) is 1. The van der Waals surface area contributed by atoms with E-state index in [1.807, 2.05) is 56.3 Å². The van der Waals surface area contributed by atoms with Crippen LogP contribution in [0.25, 0.3) is 16.8 Å². The molecule has 1 atom stereocenters. The minimum Gasteiger partial charge on any atom is -0.489 e. The first-order chi connectivity index (χ1) is 12.9. The molecule has 7 heteroatoms. The number of carbonyl (C=O) groups excluding carboxylic acids is 1. The van der Waals surface area contributed by atoms with Crippen molar-refractivity contribution < 1.29 is 14.3 Å². The molecular formula is C20H22ClN3O3. The highest BCUT2D eigenvalue weighted by molar-refractivity contribution is 6.32. The number of esters is 1. The molecule has 0 saturated carbocycles. The lowest BCUT2D eigenvalue weighted by molar-refractivity contribution is -0.144. The molecule has 2 heterocycles. The Morgan fingerprint density at radius 2 is 2.00 bits per heavy atom. The van der Waals surface area contributed by atoms with Crippen molar-refractivity contribution in [2.24, 2.45) is 0 Å². The van der Waals surface area contributed by atoms with Crippen LogP contribution in [0.15, 0.2) is 36.8 Å². The maximum Gasteiger partial charge on any atom is 0.328 e. The van der Waals surface area contributed by atoms with Gasteiger partial charge in [0.1, 0.15) is 18.1 Å². The molecular weight excluding hydrogens is 366 g/mol. The topological polar surface area (TPSA) is 64.5 Å². The molecule has 1 aromatic heterocycles. The number of benzene rings is 1. The molecule has 0 radical (unpaired) electrons. The van der Waals surface area contributed by atoms with Crippen LogP contribution in [-0.2, 0) is 9.53 Å². The van der Waals surface area contributed by atoms with E-state index in [0.29, 0.717) is 17.2 Å². The largest absolute Gasteiger partial charge is 0.489 e. The van der Waals surface area contributed by atoms with Crippen molar-refractivity contribution in [3.8, 4) is 17.0 Å². The van der Waals surface area contributed by atoms with Gasteiger partial charge >= 0.3 is 5.97 Å². The van der Waals surface area contributed by atoms with E-state index in [9.17, 15) is 4.79 Å². The van der Waals surface area contributed by atoms with E-state index in [1.54, 1.807) is 0 Å². The first-order valence-electron chi connectivity index (χ1n) is 8.68. The van der Waals surface area contributed by atoms with Crippen LogP contribution in [0.1, 0.15) is 26.0 Å². The quantitative estimate of drug-likeness (QED) is 0.727. The first kappa shape index (κ1) is 19.2. The molecule has 1 unspecified atom stereocenters. The van der Waals surface area contributed by atoms with Gasteiger partial charge in [0.15, 0.2) is 0 Å². The third-order valence-electron chi connectivity index (χ3n) is 4.32. The third-order valence-corrected chi connectivity index (χ3v) is 4.62. The van der Waals surface area contributed by atoms with Crippen molar-refractivity contribution in [3.05, 3.63) is 47.5 Å². The molecule has 0 aliphatic carbocycles. The Morgan fingerprint density at radius 1 is 1.26 bits per heavy atom. The van der Waals surface area contributed by atoms with Crippen LogP contribution in [0.2, 0.25) is 5.02 Å². The Morgan fingerprint density at radius 3 is 2.67 bits per heavy atom. The lowest BCUT2D eigenvalue weighted by Gasteiger charge is -2.17. The number of nitrogens with zero attached hydrogens (tertiary/aromatic N) is 3. The fourth-order valence-electron chi connectivity index (χ4n) is 3.00. The second-order valence-electron chi connectivity index (χ2n) is 6.66. The number of aromatic nitrogens is 2. The molecule has 27 heavy (non-hydrogen) atoms. The van der Waals surface area contributed by atoms with E-state index in [1.165, 1.54) is 13.4 Å². The standard InChI is InChI=1S/C20H22ClN3O3/c1-12(2)27-19-6-5-13(7-15(19)21)16-9-17(23-11-22-16)14-8-18(20(25)26-4)24(3)10-14/h5-7,9-12,18H,8H2,1-4H3. The average Bonchev–Trinajstić information content (AvgIpc) is 3.04. The minimum atomic E-state index is -0.328. The molecule has 0 saturated heterocycles. The molecule has 3 rings (SSSR count). The van der Waals surface area contributed by atoms with Gasteiger partial charge in [-0.15, -0.1) is 0 Å². The summed E-state index contributed by atoms with van der Waals surface area (Å²) in [6.07, 6.45) is 4.03. The number of carbonyl (C=O) groups is 1.